The van der Waals surface area contributed by atoms with E-state index in [0.29, 0.717) is 23.4 Å². The molecule has 5 rings (SSSR count). The van der Waals surface area contributed by atoms with Gasteiger partial charge >= 0.3 is 0 Å². The van der Waals surface area contributed by atoms with Crippen LogP contribution >= 0.6 is 0 Å². The fourth-order valence-electron chi connectivity index (χ4n) is 5.42. The molecular formula is C36H39N3O5. The Kier molecular flexibility index (Phi) is 10.3. The summed E-state index contributed by atoms with van der Waals surface area (Å²) in [4.78, 5) is 31.7. The van der Waals surface area contributed by atoms with Gasteiger partial charge in [-0.15, -0.1) is 0 Å². The number of aromatic nitrogens is 1. The molecule has 8 nitrogen and oxygen atoms in total. The zero-order chi connectivity index (χ0) is 31.1. The van der Waals surface area contributed by atoms with Crippen LogP contribution in [0.1, 0.15) is 69.3 Å². The van der Waals surface area contributed by atoms with E-state index < -0.39 is 6.29 Å². The Morgan fingerprint density at radius 2 is 1.68 bits per heavy atom. The van der Waals surface area contributed by atoms with E-state index in [4.69, 9.17) is 9.47 Å². The maximum absolute atomic E-state index is 13.2. The summed E-state index contributed by atoms with van der Waals surface area (Å²) in [6, 6.07) is 27.9. The van der Waals surface area contributed by atoms with Crippen molar-refractivity contribution in [3.63, 3.8) is 0 Å². The van der Waals surface area contributed by atoms with Crippen LogP contribution in [0.15, 0.2) is 97.2 Å². The van der Waals surface area contributed by atoms with E-state index in [1.54, 1.807) is 36.4 Å². The van der Waals surface area contributed by atoms with Crippen LogP contribution in [0.5, 0.6) is 0 Å². The standard InChI is InChI=1S/C36H39N3O5/c1-24-33(22-39(3)19-17-31-11-4-5-18-37-31)43-36(44-34(24)27-15-13-26(23-40)14-16-27)30-10-6-9-29(20-30)35(42)38-32-12-7-8-28(21-32)25(2)41/h4-16,18,20-21,24,33-34,36,40H,17,19,22-23H2,1-3H3,(H,38,42). The second-order valence-corrected chi connectivity index (χ2v) is 11.4. The molecule has 2 N–H and O–H groups in total. The molecule has 1 fully saturated rings. The smallest absolute Gasteiger partial charge is 0.255 e. The third kappa shape index (κ3) is 7.84. The predicted octanol–water partition coefficient (Wildman–Crippen LogP) is 5.99. The van der Waals surface area contributed by atoms with Crippen LogP contribution < -0.4 is 5.32 Å². The first-order valence-corrected chi connectivity index (χ1v) is 14.9. The molecule has 1 aliphatic heterocycles. The van der Waals surface area contributed by atoms with Gasteiger partial charge in [-0.3, -0.25) is 14.6 Å². The lowest BCUT2D eigenvalue weighted by Crippen LogP contribution is -2.44. The SMILES string of the molecule is CC(=O)c1cccc(NC(=O)c2cccc(C3OC(CN(C)CCc4ccccn4)C(C)C(c4ccc(CO)cc4)O3)c2)c1. The Morgan fingerprint density at radius 1 is 0.909 bits per heavy atom. The van der Waals surface area contributed by atoms with Crippen LogP contribution in [0.4, 0.5) is 5.69 Å². The van der Waals surface area contributed by atoms with Crippen molar-refractivity contribution in [3.8, 4) is 0 Å². The number of carbonyl (C=O) groups is 2. The van der Waals surface area contributed by atoms with Crippen LogP contribution in [0, 0.1) is 5.92 Å². The topological polar surface area (TPSA) is 101 Å². The number of anilines is 1. The maximum Gasteiger partial charge on any atom is 0.255 e. The average molecular weight is 594 g/mol. The fraction of sp³-hybridized carbons (Fsp3) is 0.306. The number of Topliss-reactive ketones (excluding diaryl/α,β-unsaturated/α-hetero) is 1. The molecule has 1 aromatic heterocycles. The van der Waals surface area contributed by atoms with Crippen molar-refractivity contribution in [3.05, 3.63) is 131 Å². The van der Waals surface area contributed by atoms with E-state index in [2.05, 4.69) is 29.2 Å². The van der Waals surface area contributed by atoms with E-state index in [1.165, 1.54) is 6.92 Å². The summed E-state index contributed by atoms with van der Waals surface area (Å²) in [5.74, 6) is -0.330. The first kappa shape index (κ1) is 31.2. The van der Waals surface area contributed by atoms with Crippen molar-refractivity contribution < 1.29 is 24.2 Å². The van der Waals surface area contributed by atoms with Crippen LogP contribution in [-0.4, -0.2) is 52.9 Å². The van der Waals surface area contributed by atoms with Gasteiger partial charge in [-0.2, -0.15) is 0 Å². The molecule has 228 valence electrons. The summed E-state index contributed by atoms with van der Waals surface area (Å²) in [7, 11) is 2.08. The first-order valence-electron chi connectivity index (χ1n) is 14.9. The zero-order valence-electron chi connectivity index (χ0n) is 25.4. The quantitative estimate of drug-likeness (QED) is 0.206. The number of rotatable bonds is 11. The van der Waals surface area contributed by atoms with Crippen LogP contribution in [-0.2, 0) is 22.5 Å². The molecule has 1 aliphatic rings. The summed E-state index contributed by atoms with van der Waals surface area (Å²) >= 11 is 0. The van der Waals surface area contributed by atoms with Crippen LogP contribution in [0.2, 0.25) is 0 Å². The summed E-state index contributed by atoms with van der Waals surface area (Å²) < 4.78 is 13.2. The van der Waals surface area contributed by atoms with E-state index in [9.17, 15) is 14.7 Å². The molecule has 1 amide bonds. The minimum absolute atomic E-state index is 0.0231. The van der Waals surface area contributed by atoms with Crippen LogP contribution in [0.25, 0.3) is 0 Å². The number of aliphatic hydroxyl groups excluding tert-OH is 1. The Hall–Kier alpha value is -4.21. The molecule has 2 heterocycles. The lowest BCUT2D eigenvalue weighted by Gasteiger charge is -2.42. The van der Waals surface area contributed by atoms with Gasteiger partial charge in [0.1, 0.15) is 0 Å². The second kappa shape index (κ2) is 14.5. The second-order valence-electron chi connectivity index (χ2n) is 11.4. The van der Waals surface area contributed by atoms with Crippen molar-refractivity contribution in [1.82, 2.24) is 9.88 Å². The zero-order valence-corrected chi connectivity index (χ0v) is 25.4. The van der Waals surface area contributed by atoms with E-state index in [0.717, 1.165) is 35.3 Å². The average Bonchev–Trinajstić information content (AvgIpc) is 3.05. The van der Waals surface area contributed by atoms with Gasteiger partial charge in [-0.1, -0.05) is 61.5 Å². The summed E-state index contributed by atoms with van der Waals surface area (Å²) in [5.41, 5.74) is 5.15. The van der Waals surface area contributed by atoms with Crippen LogP contribution in [0.3, 0.4) is 0 Å². The van der Waals surface area contributed by atoms with E-state index >= 15 is 0 Å². The molecule has 0 aliphatic carbocycles. The molecule has 1 saturated heterocycles. The molecular weight excluding hydrogens is 554 g/mol. The molecule has 0 spiro atoms. The van der Waals surface area contributed by atoms with Crippen molar-refractivity contribution in [2.45, 2.75) is 45.4 Å². The summed E-state index contributed by atoms with van der Waals surface area (Å²) in [6.45, 7) is 5.12. The van der Waals surface area contributed by atoms with Gasteiger partial charge in [-0.05, 0) is 61.5 Å². The number of ether oxygens (including phenoxy) is 2. The Morgan fingerprint density at radius 3 is 2.41 bits per heavy atom. The first-order chi connectivity index (χ1) is 21.3. The number of aliphatic hydroxyl groups is 1. The number of hydrogen-bond acceptors (Lipinski definition) is 7. The molecule has 0 saturated carbocycles. The number of pyridine rings is 1. The molecule has 0 radical (unpaired) electrons. The molecule has 4 atom stereocenters. The minimum atomic E-state index is -0.698. The van der Waals surface area contributed by atoms with Crippen molar-refractivity contribution in [2.24, 2.45) is 5.92 Å². The van der Waals surface area contributed by atoms with Gasteiger partial charge in [-0.25, -0.2) is 0 Å². The van der Waals surface area contributed by atoms with Crippen molar-refractivity contribution in [2.75, 3.05) is 25.5 Å². The largest absolute Gasteiger partial charge is 0.392 e. The number of benzene rings is 3. The normalized spacial score (nSPS) is 19.9. The molecule has 44 heavy (non-hydrogen) atoms. The number of hydrogen-bond donors (Lipinski definition) is 2. The Labute approximate surface area is 258 Å². The summed E-state index contributed by atoms with van der Waals surface area (Å²) in [6.07, 6.45) is 1.53. The third-order valence-corrected chi connectivity index (χ3v) is 8.04. The van der Waals surface area contributed by atoms with Gasteiger partial charge in [0.25, 0.3) is 5.91 Å². The minimum Gasteiger partial charge on any atom is -0.392 e. The number of nitrogens with zero attached hydrogens (tertiary/aromatic N) is 2. The highest BCUT2D eigenvalue weighted by Crippen LogP contribution is 2.42. The molecule has 4 unspecified atom stereocenters. The molecule has 0 bridgehead atoms. The molecule has 4 aromatic rings. The lowest BCUT2D eigenvalue weighted by atomic mass is 9.90. The Bertz CT molecular complexity index is 1560. The third-order valence-electron chi connectivity index (χ3n) is 8.04. The maximum atomic E-state index is 13.2. The van der Waals surface area contributed by atoms with Gasteiger partial charge in [0.15, 0.2) is 12.1 Å². The van der Waals surface area contributed by atoms with E-state index in [1.807, 2.05) is 60.8 Å². The summed E-state index contributed by atoms with van der Waals surface area (Å²) in [5, 5.41) is 12.4. The number of nitrogens with one attached hydrogen (secondary N) is 1. The number of ketones is 1. The Balaban J connectivity index is 1.35. The number of likely N-dealkylation sites (N-methyl/N-ethyl adjacent to an activating group) is 1. The highest BCUT2D eigenvalue weighted by molar-refractivity contribution is 6.05. The highest BCUT2D eigenvalue weighted by Gasteiger charge is 2.39. The van der Waals surface area contributed by atoms with Crippen molar-refractivity contribution >= 4 is 17.4 Å². The van der Waals surface area contributed by atoms with Gasteiger partial charge < -0.3 is 24.8 Å². The molecule has 3 aromatic carbocycles. The number of carbonyl (C=O) groups excluding carboxylic acids is 2. The monoisotopic (exact) mass is 593 g/mol. The fourth-order valence-corrected chi connectivity index (χ4v) is 5.42. The van der Waals surface area contributed by atoms with Crippen molar-refractivity contribution in [1.29, 1.82) is 0 Å². The predicted molar refractivity (Wildman–Crippen MR) is 169 cm³/mol. The highest BCUT2D eigenvalue weighted by atomic mass is 16.7. The number of amides is 1. The van der Waals surface area contributed by atoms with Gasteiger partial charge in [0, 0.05) is 59.7 Å². The van der Waals surface area contributed by atoms with Gasteiger partial charge in [0.2, 0.25) is 0 Å². The molecule has 8 heteroatoms. The van der Waals surface area contributed by atoms with Gasteiger partial charge in [0.05, 0.1) is 18.8 Å². The lowest BCUT2D eigenvalue weighted by molar-refractivity contribution is -0.275. The van der Waals surface area contributed by atoms with E-state index in [-0.39, 0.29) is 36.4 Å².